The van der Waals surface area contributed by atoms with Crippen molar-refractivity contribution in [2.24, 2.45) is 0 Å². The minimum Gasteiger partial charge on any atom is -0.497 e. The van der Waals surface area contributed by atoms with Crippen LogP contribution in [-0.4, -0.2) is 7.11 Å². The number of ether oxygens (including phenoxy) is 2. The molecule has 0 amide bonds. The molecule has 3 nitrogen and oxygen atoms in total. The standard InChI is InChI=1S/C34H24ClNO2/c1-37-28-14-15-31(26(20-28)22-36)34(18-17-30-29-10-6-5-9-24(29)12-16-33(30)38-34)27-13-11-25(32(35)21-27)19-23-7-3-2-4-8-23/h2-18,20-21H,19H2,1H3. The third-order valence-electron chi connectivity index (χ3n) is 7.15. The molecule has 0 saturated carbocycles. The number of rotatable bonds is 5. The smallest absolute Gasteiger partial charge is 0.179 e. The summed E-state index contributed by atoms with van der Waals surface area (Å²) < 4.78 is 12.3. The van der Waals surface area contributed by atoms with Crippen LogP contribution in [0.4, 0.5) is 0 Å². The summed E-state index contributed by atoms with van der Waals surface area (Å²) in [6, 6.07) is 36.5. The van der Waals surface area contributed by atoms with Crippen molar-refractivity contribution in [2.75, 3.05) is 7.11 Å². The maximum absolute atomic E-state index is 10.1. The monoisotopic (exact) mass is 513 g/mol. The molecule has 5 aromatic carbocycles. The number of hydrogen-bond acceptors (Lipinski definition) is 3. The Morgan fingerprint density at radius 3 is 2.50 bits per heavy atom. The van der Waals surface area contributed by atoms with E-state index in [1.165, 1.54) is 5.56 Å². The van der Waals surface area contributed by atoms with E-state index in [-0.39, 0.29) is 0 Å². The summed E-state index contributed by atoms with van der Waals surface area (Å²) in [7, 11) is 1.59. The topological polar surface area (TPSA) is 42.2 Å². The molecular weight excluding hydrogens is 490 g/mol. The largest absolute Gasteiger partial charge is 0.497 e. The van der Waals surface area contributed by atoms with Gasteiger partial charge in [-0.05, 0) is 70.8 Å². The highest BCUT2D eigenvalue weighted by atomic mass is 35.5. The zero-order valence-electron chi connectivity index (χ0n) is 20.8. The molecule has 38 heavy (non-hydrogen) atoms. The van der Waals surface area contributed by atoms with Crippen LogP contribution in [0.2, 0.25) is 5.02 Å². The Balaban J connectivity index is 1.52. The Bertz CT molecular complexity index is 1740. The van der Waals surface area contributed by atoms with Gasteiger partial charge in [0, 0.05) is 21.7 Å². The van der Waals surface area contributed by atoms with Crippen LogP contribution < -0.4 is 9.47 Å². The van der Waals surface area contributed by atoms with Gasteiger partial charge in [-0.25, -0.2) is 0 Å². The fraction of sp³-hybridized carbons (Fsp3) is 0.0882. The molecule has 1 atom stereocenters. The molecule has 0 spiro atoms. The van der Waals surface area contributed by atoms with Crippen molar-refractivity contribution in [2.45, 2.75) is 12.0 Å². The molecular formula is C34H24ClNO2. The van der Waals surface area contributed by atoms with Crippen molar-refractivity contribution < 1.29 is 9.47 Å². The highest BCUT2D eigenvalue weighted by molar-refractivity contribution is 6.31. The first-order valence-corrected chi connectivity index (χ1v) is 12.8. The van der Waals surface area contributed by atoms with Crippen molar-refractivity contribution in [3.05, 3.63) is 148 Å². The van der Waals surface area contributed by atoms with Crippen molar-refractivity contribution >= 4 is 28.4 Å². The molecule has 0 radical (unpaired) electrons. The Hall–Kier alpha value is -4.52. The van der Waals surface area contributed by atoms with Crippen LogP contribution >= 0.6 is 11.6 Å². The zero-order valence-corrected chi connectivity index (χ0v) is 21.6. The number of hydrogen-bond donors (Lipinski definition) is 0. The van der Waals surface area contributed by atoms with Crippen molar-refractivity contribution in [1.29, 1.82) is 5.26 Å². The van der Waals surface area contributed by atoms with Gasteiger partial charge in [-0.1, -0.05) is 84.4 Å². The van der Waals surface area contributed by atoms with E-state index in [1.807, 2.05) is 66.7 Å². The molecule has 1 heterocycles. The van der Waals surface area contributed by atoms with Gasteiger partial charge in [0.05, 0.1) is 18.7 Å². The normalized spacial score (nSPS) is 15.9. The van der Waals surface area contributed by atoms with Gasteiger partial charge in [0.2, 0.25) is 0 Å². The summed E-state index contributed by atoms with van der Waals surface area (Å²) in [5.41, 5.74) is 4.22. The zero-order chi connectivity index (χ0) is 26.1. The predicted octanol–water partition coefficient (Wildman–Crippen LogP) is 8.31. The van der Waals surface area contributed by atoms with Gasteiger partial charge in [-0.15, -0.1) is 0 Å². The van der Waals surface area contributed by atoms with Crippen molar-refractivity contribution in [3.63, 3.8) is 0 Å². The first kappa shape index (κ1) is 23.9. The van der Waals surface area contributed by atoms with E-state index in [2.05, 4.69) is 48.5 Å². The molecule has 5 aromatic rings. The van der Waals surface area contributed by atoms with Crippen LogP contribution in [0.3, 0.4) is 0 Å². The second-order valence-electron chi connectivity index (χ2n) is 9.36. The summed E-state index contributed by atoms with van der Waals surface area (Å²) >= 11 is 6.88. The first-order valence-electron chi connectivity index (χ1n) is 12.4. The lowest BCUT2D eigenvalue weighted by molar-refractivity contribution is 0.161. The Labute approximate surface area is 227 Å². The van der Waals surface area contributed by atoms with E-state index >= 15 is 0 Å². The molecule has 1 aliphatic heterocycles. The maximum atomic E-state index is 10.1. The molecule has 0 aromatic heterocycles. The van der Waals surface area contributed by atoms with Crippen LogP contribution in [0.15, 0.2) is 109 Å². The van der Waals surface area contributed by atoms with Gasteiger partial charge in [-0.2, -0.15) is 5.26 Å². The van der Waals surface area contributed by atoms with E-state index in [4.69, 9.17) is 21.1 Å². The summed E-state index contributed by atoms with van der Waals surface area (Å²) in [5, 5.41) is 13.0. The van der Waals surface area contributed by atoms with Crippen LogP contribution in [0.25, 0.3) is 16.8 Å². The third kappa shape index (κ3) is 4.10. The molecule has 4 heteroatoms. The lowest BCUT2D eigenvalue weighted by Gasteiger charge is -2.37. The van der Waals surface area contributed by atoms with E-state index in [0.717, 1.165) is 45.2 Å². The fourth-order valence-corrected chi connectivity index (χ4v) is 5.45. The highest BCUT2D eigenvalue weighted by Crippen LogP contribution is 2.46. The summed E-state index contributed by atoms with van der Waals surface area (Å²) in [5.74, 6) is 1.36. The second kappa shape index (κ2) is 9.74. The number of benzene rings is 5. The number of halogens is 1. The average Bonchev–Trinajstić information content (AvgIpc) is 2.98. The van der Waals surface area contributed by atoms with E-state index in [0.29, 0.717) is 16.3 Å². The molecule has 6 rings (SSSR count). The van der Waals surface area contributed by atoms with Gasteiger partial charge in [0.1, 0.15) is 11.5 Å². The van der Waals surface area contributed by atoms with E-state index in [9.17, 15) is 5.26 Å². The second-order valence-corrected chi connectivity index (χ2v) is 9.77. The molecule has 0 aliphatic carbocycles. The molecule has 0 N–H and O–H groups in total. The summed E-state index contributed by atoms with van der Waals surface area (Å²) in [6.07, 6.45) is 4.86. The summed E-state index contributed by atoms with van der Waals surface area (Å²) in [4.78, 5) is 0. The molecule has 0 saturated heterocycles. The Kier molecular flexibility index (Phi) is 6.12. The molecule has 1 aliphatic rings. The number of nitrogens with zero attached hydrogens (tertiary/aromatic N) is 1. The number of fused-ring (bicyclic) bond motifs is 3. The number of methoxy groups -OCH3 is 1. The van der Waals surface area contributed by atoms with Gasteiger partial charge >= 0.3 is 0 Å². The van der Waals surface area contributed by atoms with Gasteiger partial charge in [0.25, 0.3) is 0 Å². The molecule has 0 fully saturated rings. The Morgan fingerprint density at radius 1 is 0.895 bits per heavy atom. The van der Waals surface area contributed by atoms with Gasteiger partial charge < -0.3 is 9.47 Å². The van der Waals surface area contributed by atoms with E-state index < -0.39 is 5.60 Å². The van der Waals surface area contributed by atoms with Crippen LogP contribution in [0, 0.1) is 11.3 Å². The average molecular weight is 514 g/mol. The molecule has 0 bridgehead atoms. The highest BCUT2D eigenvalue weighted by Gasteiger charge is 2.39. The third-order valence-corrected chi connectivity index (χ3v) is 7.50. The van der Waals surface area contributed by atoms with Crippen molar-refractivity contribution in [3.8, 4) is 17.6 Å². The predicted molar refractivity (Wildman–Crippen MR) is 153 cm³/mol. The summed E-state index contributed by atoms with van der Waals surface area (Å²) in [6.45, 7) is 0. The fourth-order valence-electron chi connectivity index (χ4n) is 5.20. The minimum absolute atomic E-state index is 0.475. The Morgan fingerprint density at radius 2 is 1.71 bits per heavy atom. The minimum atomic E-state index is -1.05. The SMILES string of the molecule is COc1ccc(C2(c3ccc(Cc4ccccc4)c(Cl)c3)C=Cc3c(ccc4ccccc34)O2)c(C#N)c1. The lowest BCUT2D eigenvalue weighted by Crippen LogP contribution is -2.35. The van der Waals surface area contributed by atoms with Crippen LogP contribution in [-0.2, 0) is 12.0 Å². The van der Waals surface area contributed by atoms with Crippen molar-refractivity contribution in [1.82, 2.24) is 0 Å². The maximum Gasteiger partial charge on any atom is 0.179 e. The van der Waals surface area contributed by atoms with Gasteiger partial charge in [-0.3, -0.25) is 0 Å². The quantitative estimate of drug-likeness (QED) is 0.237. The molecule has 1 unspecified atom stereocenters. The van der Waals surface area contributed by atoms with Crippen LogP contribution in [0.5, 0.6) is 11.5 Å². The molecule has 184 valence electrons. The van der Waals surface area contributed by atoms with E-state index in [1.54, 1.807) is 13.2 Å². The van der Waals surface area contributed by atoms with Gasteiger partial charge in [0.15, 0.2) is 5.60 Å². The van der Waals surface area contributed by atoms with Crippen LogP contribution in [0.1, 0.15) is 33.4 Å². The number of nitriles is 1. The first-order chi connectivity index (χ1) is 18.6. The lowest BCUT2D eigenvalue weighted by atomic mass is 9.80.